The Labute approximate surface area is 192 Å². The molecule has 33 heavy (non-hydrogen) atoms. The normalized spacial score (nSPS) is 15.4. The lowest BCUT2D eigenvalue weighted by Crippen LogP contribution is -2.26. The first-order valence-electron chi connectivity index (χ1n) is 11.3. The van der Waals surface area contributed by atoms with Gasteiger partial charge in [-0.25, -0.2) is 9.37 Å². The number of halogens is 1. The summed E-state index contributed by atoms with van der Waals surface area (Å²) in [6.07, 6.45) is 2.53. The van der Waals surface area contributed by atoms with E-state index in [0.29, 0.717) is 41.6 Å². The molecule has 2 aromatic carbocycles. The fourth-order valence-electron chi connectivity index (χ4n) is 4.31. The third kappa shape index (κ3) is 4.81. The van der Waals surface area contributed by atoms with Gasteiger partial charge in [-0.05, 0) is 81.6 Å². The fourth-order valence-corrected chi connectivity index (χ4v) is 4.31. The molecule has 0 amide bonds. The minimum Gasteiger partial charge on any atom is -0.494 e. The minimum absolute atomic E-state index is 0.0276. The number of aromatic nitrogens is 2. The Morgan fingerprint density at radius 2 is 2.00 bits per heavy atom. The van der Waals surface area contributed by atoms with E-state index in [1.807, 2.05) is 37.3 Å². The van der Waals surface area contributed by atoms with Gasteiger partial charge < -0.3 is 14.6 Å². The monoisotopic (exact) mass is 446 g/mol. The number of nitrogens with zero attached hydrogens (tertiary/aromatic N) is 3. The lowest BCUT2D eigenvalue weighted by atomic mass is 9.99. The number of ether oxygens (including phenoxy) is 1. The van der Waals surface area contributed by atoms with Crippen LogP contribution < -0.4 is 15.6 Å². The van der Waals surface area contributed by atoms with Gasteiger partial charge in [0.1, 0.15) is 23.3 Å². The van der Waals surface area contributed by atoms with Crippen molar-refractivity contribution in [2.45, 2.75) is 26.2 Å². The van der Waals surface area contributed by atoms with E-state index in [2.05, 4.69) is 5.32 Å². The second kappa shape index (κ2) is 9.97. The molecule has 1 aliphatic rings. The summed E-state index contributed by atoms with van der Waals surface area (Å²) in [5.41, 5.74) is 2.70. The van der Waals surface area contributed by atoms with E-state index in [1.54, 1.807) is 17.7 Å². The molecule has 0 radical (unpaired) electrons. The first-order chi connectivity index (χ1) is 16.0. The van der Waals surface area contributed by atoms with Gasteiger partial charge in [-0.15, -0.1) is 0 Å². The maximum absolute atomic E-state index is 14.5. The quantitative estimate of drug-likeness (QED) is 0.592. The van der Waals surface area contributed by atoms with Crippen molar-refractivity contribution in [1.82, 2.24) is 14.9 Å². The van der Waals surface area contributed by atoms with Crippen LogP contribution in [-0.4, -0.2) is 29.2 Å². The van der Waals surface area contributed by atoms with E-state index in [-0.39, 0.29) is 11.1 Å². The molecule has 1 saturated heterocycles. The summed E-state index contributed by atoms with van der Waals surface area (Å²) in [5, 5.41) is 12.5. The summed E-state index contributed by atoms with van der Waals surface area (Å²) in [6.45, 7) is 4.43. The van der Waals surface area contributed by atoms with Crippen molar-refractivity contribution in [2.75, 3.05) is 19.7 Å². The number of hydrogen-bond acceptors (Lipinski definition) is 5. The third-order valence-electron chi connectivity index (χ3n) is 6.11. The van der Waals surface area contributed by atoms with Crippen LogP contribution in [-0.2, 0) is 13.5 Å². The van der Waals surface area contributed by atoms with Gasteiger partial charge >= 0.3 is 0 Å². The highest BCUT2D eigenvalue weighted by molar-refractivity contribution is 5.79. The van der Waals surface area contributed by atoms with Crippen LogP contribution in [0, 0.1) is 23.1 Å². The molecule has 4 rings (SSSR count). The summed E-state index contributed by atoms with van der Waals surface area (Å²) in [5.74, 6) is 0.645. The van der Waals surface area contributed by atoms with E-state index in [1.165, 1.54) is 12.1 Å². The van der Waals surface area contributed by atoms with Crippen LogP contribution in [0.25, 0.3) is 22.5 Å². The van der Waals surface area contributed by atoms with Crippen molar-refractivity contribution in [1.29, 1.82) is 5.26 Å². The second-order valence-electron chi connectivity index (χ2n) is 8.28. The first kappa shape index (κ1) is 22.7. The molecule has 170 valence electrons. The molecular formula is C26H27FN4O2. The number of rotatable bonds is 7. The zero-order chi connectivity index (χ0) is 23.4. The highest BCUT2D eigenvalue weighted by Gasteiger charge is 2.21. The van der Waals surface area contributed by atoms with Crippen LogP contribution >= 0.6 is 0 Å². The van der Waals surface area contributed by atoms with Crippen LogP contribution in [0.2, 0.25) is 0 Å². The molecule has 3 aromatic rings. The van der Waals surface area contributed by atoms with E-state index >= 15 is 0 Å². The minimum atomic E-state index is -0.609. The molecule has 1 aliphatic heterocycles. The number of nitriles is 1. The molecular weight excluding hydrogens is 419 g/mol. The summed E-state index contributed by atoms with van der Waals surface area (Å²) < 4.78 is 21.6. The van der Waals surface area contributed by atoms with Crippen molar-refractivity contribution in [2.24, 2.45) is 13.0 Å². The van der Waals surface area contributed by atoms with Crippen molar-refractivity contribution in [3.05, 3.63) is 69.9 Å². The van der Waals surface area contributed by atoms with Crippen LogP contribution in [0.1, 0.15) is 31.0 Å². The predicted octanol–water partition coefficient (Wildman–Crippen LogP) is 4.07. The molecule has 1 N–H and O–H groups in total. The van der Waals surface area contributed by atoms with Gasteiger partial charge in [0.15, 0.2) is 0 Å². The maximum Gasteiger partial charge on any atom is 0.272 e. The predicted molar refractivity (Wildman–Crippen MR) is 125 cm³/mol. The van der Waals surface area contributed by atoms with Gasteiger partial charge in [-0.1, -0.05) is 6.07 Å². The van der Waals surface area contributed by atoms with Crippen LogP contribution in [0.4, 0.5) is 4.39 Å². The first-order valence-corrected chi connectivity index (χ1v) is 11.3. The summed E-state index contributed by atoms with van der Waals surface area (Å²) in [7, 11) is 1.72. The Kier molecular flexibility index (Phi) is 6.85. The van der Waals surface area contributed by atoms with Crippen LogP contribution in [0.3, 0.4) is 0 Å². The Bertz CT molecular complexity index is 1240. The van der Waals surface area contributed by atoms with E-state index in [9.17, 15) is 9.18 Å². The molecule has 0 spiro atoms. The lowest BCUT2D eigenvalue weighted by Gasteiger charge is -2.17. The SMILES string of the molecule is CCOc1ccc(-c2c(-c3ccc(C#N)c(F)c3)nc(CC[C@H]3CCNC3)c(=O)n2C)cc1. The number of hydrogen-bond donors (Lipinski definition) is 1. The average Bonchev–Trinajstić information content (AvgIpc) is 3.34. The number of aryl methyl sites for hydroxylation is 1. The zero-order valence-electron chi connectivity index (χ0n) is 18.9. The van der Waals surface area contributed by atoms with Gasteiger partial charge in [-0.2, -0.15) is 5.26 Å². The molecule has 0 aliphatic carbocycles. The van der Waals surface area contributed by atoms with Gasteiger partial charge in [-0.3, -0.25) is 4.79 Å². The van der Waals surface area contributed by atoms with Crippen LogP contribution in [0.5, 0.6) is 5.75 Å². The van der Waals surface area contributed by atoms with Crippen LogP contribution in [0.15, 0.2) is 47.3 Å². The molecule has 0 unspecified atom stereocenters. The zero-order valence-corrected chi connectivity index (χ0v) is 18.9. The van der Waals surface area contributed by atoms with E-state index in [4.69, 9.17) is 15.0 Å². The molecule has 0 saturated carbocycles. The fraction of sp³-hybridized carbons (Fsp3) is 0.346. The standard InChI is InChI=1S/C26H27FN4O2/c1-3-33-21-9-7-18(8-10-21)25-24(19-5-6-20(15-28)22(27)14-19)30-23(26(32)31(25)2)11-4-17-12-13-29-16-17/h5-10,14,17,29H,3-4,11-13,16H2,1-2H3/t17-/m0/s1. The van der Waals surface area contributed by atoms with Crippen molar-refractivity contribution in [3.63, 3.8) is 0 Å². The van der Waals surface area contributed by atoms with Gasteiger partial charge in [0.05, 0.1) is 23.6 Å². The average molecular weight is 447 g/mol. The molecule has 2 heterocycles. The van der Waals surface area contributed by atoms with E-state index < -0.39 is 5.82 Å². The Hall–Kier alpha value is -3.50. The topological polar surface area (TPSA) is 79.9 Å². The molecule has 1 atom stereocenters. The van der Waals surface area contributed by atoms with Crippen molar-refractivity contribution >= 4 is 0 Å². The number of nitrogens with one attached hydrogen (secondary N) is 1. The molecule has 0 bridgehead atoms. The van der Waals surface area contributed by atoms with Crippen molar-refractivity contribution in [3.8, 4) is 34.3 Å². The summed E-state index contributed by atoms with van der Waals surface area (Å²) in [4.78, 5) is 18.0. The Morgan fingerprint density at radius 1 is 1.24 bits per heavy atom. The molecule has 1 fully saturated rings. The largest absolute Gasteiger partial charge is 0.494 e. The summed E-state index contributed by atoms with van der Waals surface area (Å²) in [6, 6.07) is 13.7. The molecule has 7 heteroatoms. The van der Waals surface area contributed by atoms with Gasteiger partial charge in [0.2, 0.25) is 0 Å². The molecule has 6 nitrogen and oxygen atoms in total. The van der Waals surface area contributed by atoms with Crippen molar-refractivity contribution < 1.29 is 9.13 Å². The highest BCUT2D eigenvalue weighted by atomic mass is 19.1. The Morgan fingerprint density at radius 3 is 2.64 bits per heavy atom. The summed E-state index contributed by atoms with van der Waals surface area (Å²) >= 11 is 0. The Balaban J connectivity index is 1.83. The van der Waals surface area contributed by atoms with E-state index in [0.717, 1.165) is 37.2 Å². The smallest absolute Gasteiger partial charge is 0.272 e. The second-order valence-corrected chi connectivity index (χ2v) is 8.28. The van der Waals surface area contributed by atoms with Gasteiger partial charge in [0.25, 0.3) is 5.56 Å². The number of benzene rings is 2. The third-order valence-corrected chi connectivity index (χ3v) is 6.11. The highest BCUT2D eigenvalue weighted by Crippen LogP contribution is 2.32. The lowest BCUT2D eigenvalue weighted by molar-refractivity contribution is 0.340. The maximum atomic E-state index is 14.5. The van der Waals surface area contributed by atoms with Gasteiger partial charge in [0, 0.05) is 18.2 Å². The molecule has 1 aromatic heterocycles.